The third-order valence-electron chi connectivity index (χ3n) is 3.88. The minimum absolute atomic E-state index is 0.174. The Hall–Kier alpha value is -1.35. The smallest absolute Gasteiger partial charge is 0.223 e. The fourth-order valence-corrected chi connectivity index (χ4v) is 2.82. The highest BCUT2D eigenvalue weighted by molar-refractivity contribution is 5.76. The molecule has 1 N–H and O–H groups in total. The van der Waals surface area contributed by atoms with Crippen LogP contribution in [-0.2, 0) is 11.2 Å². The lowest BCUT2D eigenvalue weighted by Gasteiger charge is -2.35. The molecule has 104 valence electrons. The van der Waals surface area contributed by atoms with Gasteiger partial charge in [0.1, 0.15) is 0 Å². The molecule has 0 aromatic heterocycles. The first-order valence-electron chi connectivity index (χ1n) is 7.25. The summed E-state index contributed by atoms with van der Waals surface area (Å²) in [7, 11) is 0. The summed E-state index contributed by atoms with van der Waals surface area (Å²) in [6.45, 7) is 1.03. The van der Waals surface area contributed by atoms with Gasteiger partial charge in [-0.1, -0.05) is 30.3 Å². The number of aliphatic hydroxyl groups is 1. The molecule has 1 aromatic carbocycles. The van der Waals surface area contributed by atoms with E-state index < -0.39 is 0 Å². The zero-order chi connectivity index (χ0) is 13.5. The molecular weight excluding hydrogens is 238 g/mol. The first kappa shape index (κ1) is 14.1. The summed E-state index contributed by atoms with van der Waals surface area (Å²) in [4.78, 5) is 14.3. The molecule has 0 aliphatic carbocycles. The Kier molecular flexibility index (Phi) is 5.40. The number of hydrogen-bond acceptors (Lipinski definition) is 2. The summed E-state index contributed by atoms with van der Waals surface area (Å²) in [5.74, 6) is 0.238. The molecule has 0 bridgehead atoms. The van der Waals surface area contributed by atoms with E-state index in [1.54, 1.807) is 0 Å². The van der Waals surface area contributed by atoms with Gasteiger partial charge in [-0.15, -0.1) is 0 Å². The Morgan fingerprint density at radius 2 is 2.05 bits per heavy atom. The minimum atomic E-state index is 0.174. The number of carbonyl (C=O) groups excluding carboxylic acids is 1. The highest BCUT2D eigenvalue weighted by atomic mass is 16.3. The number of benzene rings is 1. The van der Waals surface area contributed by atoms with Crippen molar-refractivity contribution in [2.45, 2.75) is 44.6 Å². The van der Waals surface area contributed by atoms with Gasteiger partial charge in [0.05, 0.1) is 0 Å². The second-order valence-corrected chi connectivity index (χ2v) is 5.23. The van der Waals surface area contributed by atoms with E-state index in [0.717, 1.165) is 32.2 Å². The van der Waals surface area contributed by atoms with E-state index in [1.807, 2.05) is 23.1 Å². The van der Waals surface area contributed by atoms with Crippen molar-refractivity contribution in [2.75, 3.05) is 13.2 Å². The summed E-state index contributed by atoms with van der Waals surface area (Å²) in [5, 5.41) is 9.09. The van der Waals surface area contributed by atoms with Crippen molar-refractivity contribution in [3.8, 4) is 0 Å². The number of carbonyl (C=O) groups is 1. The first-order valence-corrected chi connectivity index (χ1v) is 7.25. The van der Waals surface area contributed by atoms with Crippen LogP contribution in [0.25, 0.3) is 0 Å². The van der Waals surface area contributed by atoms with Gasteiger partial charge in [-0.3, -0.25) is 4.79 Å². The molecule has 1 aliphatic rings. The summed E-state index contributed by atoms with van der Waals surface area (Å²) in [5.41, 5.74) is 1.21. The van der Waals surface area contributed by atoms with Crippen molar-refractivity contribution >= 4 is 5.91 Å². The number of hydrogen-bond donors (Lipinski definition) is 1. The quantitative estimate of drug-likeness (QED) is 0.884. The van der Waals surface area contributed by atoms with E-state index in [-0.39, 0.29) is 18.6 Å². The highest BCUT2D eigenvalue weighted by Gasteiger charge is 2.25. The molecule has 0 spiro atoms. The Morgan fingerprint density at radius 1 is 1.26 bits per heavy atom. The number of piperidine rings is 1. The van der Waals surface area contributed by atoms with Crippen molar-refractivity contribution < 1.29 is 9.90 Å². The van der Waals surface area contributed by atoms with Crippen LogP contribution in [0.4, 0.5) is 0 Å². The number of likely N-dealkylation sites (tertiary alicyclic amines) is 1. The summed E-state index contributed by atoms with van der Waals surface area (Å²) in [6, 6.07) is 10.4. The van der Waals surface area contributed by atoms with Crippen LogP contribution >= 0.6 is 0 Å². The van der Waals surface area contributed by atoms with Crippen molar-refractivity contribution in [3.63, 3.8) is 0 Å². The third kappa shape index (κ3) is 4.06. The fraction of sp³-hybridized carbons (Fsp3) is 0.562. The number of aryl methyl sites for hydroxylation is 1. The van der Waals surface area contributed by atoms with E-state index in [0.29, 0.717) is 6.42 Å². The maximum Gasteiger partial charge on any atom is 0.223 e. The Morgan fingerprint density at radius 3 is 2.79 bits per heavy atom. The van der Waals surface area contributed by atoms with Crippen LogP contribution in [0, 0.1) is 0 Å². The Bertz CT molecular complexity index is 389. The van der Waals surface area contributed by atoms with Crippen LogP contribution in [0.2, 0.25) is 0 Å². The largest absolute Gasteiger partial charge is 0.396 e. The zero-order valence-electron chi connectivity index (χ0n) is 11.4. The predicted octanol–water partition coefficient (Wildman–Crippen LogP) is 2.38. The van der Waals surface area contributed by atoms with Crippen molar-refractivity contribution in [1.29, 1.82) is 0 Å². The molecule has 2 rings (SSSR count). The molecule has 1 aromatic rings. The van der Waals surface area contributed by atoms with E-state index in [9.17, 15) is 4.79 Å². The van der Waals surface area contributed by atoms with Gasteiger partial charge >= 0.3 is 0 Å². The van der Waals surface area contributed by atoms with E-state index in [1.165, 1.54) is 12.0 Å². The predicted molar refractivity (Wildman–Crippen MR) is 75.8 cm³/mol. The lowest BCUT2D eigenvalue weighted by atomic mass is 9.98. The van der Waals surface area contributed by atoms with Crippen LogP contribution in [0.3, 0.4) is 0 Å². The van der Waals surface area contributed by atoms with E-state index in [2.05, 4.69) is 12.1 Å². The van der Waals surface area contributed by atoms with Crippen LogP contribution in [0.5, 0.6) is 0 Å². The zero-order valence-corrected chi connectivity index (χ0v) is 11.4. The molecule has 3 nitrogen and oxygen atoms in total. The summed E-state index contributed by atoms with van der Waals surface area (Å²) < 4.78 is 0. The van der Waals surface area contributed by atoms with Crippen LogP contribution in [0.15, 0.2) is 30.3 Å². The Labute approximate surface area is 115 Å². The molecule has 1 fully saturated rings. The van der Waals surface area contributed by atoms with Gasteiger partial charge < -0.3 is 10.0 Å². The third-order valence-corrected chi connectivity index (χ3v) is 3.88. The first-order chi connectivity index (χ1) is 9.31. The molecule has 19 heavy (non-hydrogen) atoms. The molecule has 1 heterocycles. The maximum absolute atomic E-state index is 12.3. The van der Waals surface area contributed by atoms with Crippen molar-refractivity contribution in [1.82, 2.24) is 4.90 Å². The molecule has 1 amide bonds. The SMILES string of the molecule is O=C(CCc1ccccc1)N1CCCC[C@@H]1CCO. The van der Waals surface area contributed by atoms with Crippen LogP contribution in [0.1, 0.15) is 37.7 Å². The van der Waals surface area contributed by atoms with Crippen molar-refractivity contribution in [2.24, 2.45) is 0 Å². The van der Waals surface area contributed by atoms with Gasteiger partial charge in [-0.2, -0.15) is 0 Å². The monoisotopic (exact) mass is 261 g/mol. The van der Waals surface area contributed by atoms with Gasteiger partial charge in [0.15, 0.2) is 0 Å². The Balaban J connectivity index is 1.87. The minimum Gasteiger partial charge on any atom is -0.396 e. The van der Waals surface area contributed by atoms with Crippen molar-refractivity contribution in [3.05, 3.63) is 35.9 Å². The molecule has 1 aliphatic heterocycles. The molecular formula is C16H23NO2. The van der Waals surface area contributed by atoms with Gasteiger partial charge in [0, 0.05) is 25.6 Å². The average Bonchev–Trinajstić information content (AvgIpc) is 2.47. The highest BCUT2D eigenvalue weighted by Crippen LogP contribution is 2.20. The van der Waals surface area contributed by atoms with E-state index >= 15 is 0 Å². The fourth-order valence-electron chi connectivity index (χ4n) is 2.82. The second-order valence-electron chi connectivity index (χ2n) is 5.23. The standard InChI is InChI=1S/C16H23NO2/c18-13-11-15-8-4-5-12-17(15)16(19)10-9-14-6-2-1-3-7-14/h1-3,6-7,15,18H,4-5,8-13H2/t15-/m1/s1. The van der Waals surface area contributed by atoms with Gasteiger partial charge in [-0.25, -0.2) is 0 Å². The lowest BCUT2D eigenvalue weighted by Crippen LogP contribution is -2.44. The lowest BCUT2D eigenvalue weighted by molar-refractivity contribution is -0.135. The molecule has 1 saturated heterocycles. The van der Waals surface area contributed by atoms with Gasteiger partial charge in [-0.05, 0) is 37.7 Å². The number of nitrogens with zero attached hydrogens (tertiary/aromatic N) is 1. The maximum atomic E-state index is 12.3. The van der Waals surface area contributed by atoms with Gasteiger partial charge in [0.2, 0.25) is 5.91 Å². The topological polar surface area (TPSA) is 40.5 Å². The van der Waals surface area contributed by atoms with Crippen LogP contribution in [-0.4, -0.2) is 35.1 Å². The molecule has 1 atom stereocenters. The summed E-state index contributed by atoms with van der Waals surface area (Å²) in [6.07, 6.45) is 5.41. The molecule has 0 radical (unpaired) electrons. The summed E-state index contributed by atoms with van der Waals surface area (Å²) >= 11 is 0. The normalized spacial score (nSPS) is 19.4. The number of amides is 1. The van der Waals surface area contributed by atoms with Crippen LogP contribution < -0.4 is 0 Å². The van der Waals surface area contributed by atoms with E-state index in [4.69, 9.17) is 5.11 Å². The average molecular weight is 261 g/mol. The van der Waals surface area contributed by atoms with Gasteiger partial charge in [0.25, 0.3) is 0 Å². The number of aliphatic hydroxyl groups excluding tert-OH is 1. The molecule has 3 heteroatoms. The molecule has 0 unspecified atom stereocenters. The number of rotatable bonds is 5. The molecule has 0 saturated carbocycles. The second kappa shape index (κ2) is 7.29.